The Balaban J connectivity index is 0.000000171. The Morgan fingerprint density at radius 3 is 0.500 bits per heavy atom. The fourth-order valence-corrected chi connectivity index (χ4v) is 8.97. The minimum atomic E-state index is -0.896. The summed E-state index contributed by atoms with van der Waals surface area (Å²) in [7, 11) is -1.79. The predicted octanol–water partition coefficient (Wildman–Crippen LogP) is 9.42. The third-order valence-electron chi connectivity index (χ3n) is 6.09. The van der Waals surface area contributed by atoms with Gasteiger partial charge in [0.25, 0.3) is 0 Å². The van der Waals surface area contributed by atoms with Gasteiger partial charge in [0, 0.05) is 0 Å². The molecule has 0 aliphatic carbocycles. The number of halogens is 3. The fourth-order valence-electron chi connectivity index (χ4n) is 4.36. The first kappa shape index (κ1) is 33.2. The van der Waals surface area contributed by atoms with E-state index in [-0.39, 0.29) is 0 Å². The van der Waals surface area contributed by atoms with E-state index in [4.69, 9.17) is 0 Å². The molecule has 6 rings (SSSR count). The van der Waals surface area contributed by atoms with E-state index in [1.165, 1.54) is 31.8 Å². The third-order valence-corrected chi connectivity index (χ3v) is 11.0. The third kappa shape index (κ3) is 10.8. The van der Waals surface area contributed by atoms with Gasteiger partial charge in [0.05, 0.1) is 0 Å². The van der Waals surface area contributed by atoms with Crippen molar-refractivity contribution >= 4 is 88.2 Å². The van der Waals surface area contributed by atoms with E-state index in [1.54, 1.807) is 0 Å². The van der Waals surface area contributed by atoms with Crippen LogP contribution in [0.1, 0.15) is 0 Å². The summed E-state index contributed by atoms with van der Waals surface area (Å²) in [6.45, 7) is 0. The van der Waals surface area contributed by atoms with Gasteiger partial charge < -0.3 is 0 Å². The minimum absolute atomic E-state index is 0.446. The first-order valence-electron chi connectivity index (χ1n) is 13.2. The van der Waals surface area contributed by atoms with Crippen LogP contribution in [-0.4, -0.2) is 0 Å². The van der Waals surface area contributed by atoms with E-state index < -0.39 is 26.3 Å². The molecule has 0 saturated carbocycles. The Morgan fingerprint density at radius 2 is 0.381 bits per heavy atom. The van der Waals surface area contributed by atoms with Crippen LogP contribution in [0.4, 0.5) is 0 Å². The summed E-state index contributed by atoms with van der Waals surface area (Å²) >= 11 is 9.81. The Bertz CT molecular complexity index is 1230. The molecule has 0 aliphatic heterocycles. The van der Waals surface area contributed by atoms with Gasteiger partial charge in [-0.2, -0.15) is 0 Å². The first-order valence-corrected chi connectivity index (χ1v) is 31.6. The Hall–Kier alpha value is -1.73. The van der Waals surface area contributed by atoms with E-state index in [2.05, 4.69) is 222 Å². The number of rotatable bonds is 6. The molecule has 214 valence electrons. The molecular weight excluding hydrogens is 926 g/mol. The topological polar surface area (TPSA) is 0 Å². The van der Waals surface area contributed by atoms with Gasteiger partial charge in [0.2, 0.25) is 0 Å². The van der Waals surface area contributed by atoms with Crippen LogP contribution in [0.15, 0.2) is 182 Å². The zero-order chi connectivity index (χ0) is 29.4. The second kappa shape index (κ2) is 18.8. The van der Waals surface area contributed by atoms with Crippen molar-refractivity contribution in [3.8, 4) is 0 Å². The summed E-state index contributed by atoms with van der Waals surface area (Å²) in [6.07, 6.45) is 0. The van der Waals surface area contributed by atoms with Crippen molar-refractivity contribution in [1.82, 2.24) is 0 Å². The Morgan fingerprint density at radius 1 is 0.262 bits per heavy atom. The van der Waals surface area contributed by atoms with Crippen molar-refractivity contribution in [2.75, 3.05) is 0 Å². The molecule has 0 saturated heterocycles. The second-order valence-corrected chi connectivity index (χ2v) is 44.7. The van der Waals surface area contributed by atoms with Crippen molar-refractivity contribution in [3.63, 3.8) is 0 Å². The molecule has 0 aliphatic rings. The zero-order valence-electron chi connectivity index (χ0n) is 22.7. The summed E-state index contributed by atoms with van der Waals surface area (Å²) in [6, 6.07) is 64.7. The molecule has 0 unspecified atom stereocenters. The van der Waals surface area contributed by atoms with Gasteiger partial charge in [-0.3, -0.25) is 0 Å². The van der Waals surface area contributed by atoms with Gasteiger partial charge in [0.1, 0.15) is 0 Å². The van der Waals surface area contributed by atoms with Gasteiger partial charge in [-0.25, -0.2) is 0 Å². The van der Waals surface area contributed by atoms with Crippen molar-refractivity contribution in [2.24, 2.45) is 0 Å². The van der Waals surface area contributed by atoms with Crippen LogP contribution in [0.5, 0.6) is 0 Å². The van der Waals surface area contributed by atoms with Gasteiger partial charge in [-0.15, -0.1) is 0 Å². The molecule has 0 aromatic heterocycles. The SMILES string of the molecule is [Br][Ir]([Br])[Br].c1ccc(P(c2ccccc2)c2ccccc2)cc1.c1ccc(P(c2ccccc2)c2ccccc2)cc1. The molecule has 6 aromatic rings. The molecule has 0 bridgehead atoms. The molecule has 6 heteroatoms. The van der Waals surface area contributed by atoms with E-state index in [1.807, 2.05) is 0 Å². The summed E-state index contributed by atoms with van der Waals surface area (Å²) in [5, 5.41) is 8.39. The van der Waals surface area contributed by atoms with Crippen LogP contribution in [0.25, 0.3) is 0 Å². The van der Waals surface area contributed by atoms with Crippen LogP contribution < -0.4 is 31.8 Å². The fraction of sp³-hybridized carbons (Fsp3) is 0. The molecule has 42 heavy (non-hydrogen) atoms. The maximum Gasteiger partial charge on any atom is -0.0134 e. The van der Waals surface area contributed by atoms with Gasteiger partial charge in [-0.1, -0.05) is 182 Å². The molecule has 0 fully saturated rings. The molecule has 0 atom stereocenters. The van der Waals surface area contributed by atoms with E-state index >= 15 is 0 Å². The summed E-state index contributed by atoms with van der Waals surface area (Å²) < 4.78 is 0. The van der Waals surface area contributed by atoms with Crippen LogP contribution >= 0.6 is 56.3 Å². The molecular formula is C36H30Br3IrP2. The van der Waals surface area contributed by atoms with Crippen LogP contribution in [0.3, 0.4) is 0 Å². The van der Waals surface area contributed by atoms with Crippen molar-refractivity contribution < 1.29 is 10.5 Å². The quantitative estimate of drug-likeness (QED) is 0.146. The first-order chi connectivity index (χ1) is 20.6. The molecule has 0 spiro atoms. The molecule has 0 heterocycles. The molecule has 0 radical (unpaired) electrons. The van der Waals surface area contributed by atoms with E-state index in [9.17, 15) is 0 Å². The number of benzene rings is 6. The number of hydrogen-bond donors (Lipinski definition) is 0. The van der Waals surface area contributed by atoms with E-state index in [0.29, 0.717) is 0 Å². The van der Waals surface area contributed by atoms with Crippen LogP contribution in [-0.2, 0) is 10.5 Å². The second-order valence-electron chi connectivity index (χ2n) is 8.83. The standard InChI is InChI=1S/2C18H15P.3BrH.Ir/c2*1-4-10-16(11-5-1)19(17-12-6-2-7-13-17)18-14-8-3-9-15-18;;;;/h2*1-15H;3*1H;/q;;;;;+3/p-3. The Labute approximate surface area is 278 Å². The molecule has 0 amide bonds. The van der Waals surface area contributed by atoms with Crippen molar-refractivity contribution in [1.29, 1.82) is 0 Å². The maximum atomic E-state index is 3.27. The minimum Gasteiger partial charge on any atom is -0.0622 e. The van der Waals surface area contributed by atoms with Gasteiger partial charge >= 0.3 is 51.0 Å². The summed E-state index contributed by atoms with van der Waals surface area (Å²) in [5.74, 6) is 0. The van der Waals surface area contributed by atoms with Gasteiger partial charge in [-0.05, 0) is 47.7 Å². The summed E-state index contributed by atoms with van der Waals surface area (Å²) in [4.78, 5) is 0. The zero-order valence-corrected chi connectivity index (χ0v) is 31.6. The van der Waals surface area contributed by atoms with E-state index in [0.717, 1.165) is 0 Å². The average Bonchev–Trinajstić information content (AvgIpc) is 3.05. The molecule has 0 N–H and O–H groups in total. The Kier molecular flexibility index (Phi) is 14.9. The maximum absolute atomic E-state index is 3.27. The average molecular weight is 957 g/mol. The summed E-state index contributed by atoms with van der Waals surface area (Å²) in [5.41, 5.74) is 0. The van der Waals surface area contributed by atoms with Crippen molar-refractivity contribution in [2.45, 2.75) is 0 Å². The molecule has 6 aromatic carbocycles. The van der Waals surface area contributed by atoms with Crippen LogP contribution in [0.2, 0.25) is 0 Å². The predicted molar refractivity (Wildman–Crippen MR) is 197 cm³/mol. The van der Waals surface area contributed by atoms with Crippen molar-refractivity contribution in [3.05, 3.63) is 182 Å². The normalized spacial score (nSPS) is 10.6. The van der Waals surface area contributed by atoms with Gasteiger partial charge in [0.15, 0.2) is 0 Å². The molecule has 0 nitrogen and oxygen atoms in total. The van der Waals surface area contributed by atoms with Crippen LogP contribution in [0, 0.1) is 0 Å². The smallest absolute Gasteiger partial charge is 0.0134 e. The number of hydrogen-bond acceptors (Lipinski definition) is 0. The monoisotopic (exact) mass is 954 g/mol. The largest absolute Gasteiger partial charge is 0.0622 e.